The van der Waals surface area contributed by atoms with Crippen molar-refractivity contribution in [3.63, 3.8) is 0 Å². The van der Waals surface area contributed by atoms with Gasteiger partial charge in [0.2, 0.25) is 5.13 Å². The van der Waals surface area contributed by atoms with Crippen molar-refractivity contribution in [1.82, 2.24) is 10.2 Å². The molecule has 19 heavy (non-hydrogen) atoms. The van der Waals surface area contributed by atoms with E-state index in [0.29, 0.717) is 17.5 Å². The van der Waals surface area contributed by atoms with E-state index in [1.54, 1.807) is 6.07 Å². The summed E-state index contributed by atoms with van der Waals surface area (Å²) in [5, 5.41) is 13.5. The molecule has 0 unspecified atom stereocenters. The summed E-state index contributed by atoms with van der Waals surface area (Å²) in [6, 6.07) is 4.47. The zero-order valence-electron chi connectivity index (χ0n) is 10.8. The Morgan fingerprint density at radius 3 is 2.79 bits per heavy atom. The molecule has 2 rings (SSSR count). The second kappa shape index (κ2) is 6.30. The van der Waals surface area contributed by atoms with Gasteiger partial charge in [0, 0.05) is 18.0 Å². The minimum atomic E-state index is -0.331. The first-order valence-electron chi connectivity index (χ1n) is 6.04. The molecular weight excluding hydrogens is 285 g/mol. The monoisotopic (exact) mass is 299 g/mol. The molecule has 0 radical (unpaired) electrons. The molecule has 0 bridgehead atoms. The Morgan fingerprint density at radius 2 is 2.11 bits per heavy atom. The summed E-state index contributed by atoms with van der Waals surface area (Å²) in [5.41, 5.74) is 0.783. The minimum absolute atomic E-state index is 0.331. The Labute approximate surface area is 120 Å². The molecule has 1 heterocycles. The summed E-state index contributed by atoms with van der Waals surface area (Å²) < 4.78 is 13.2. The van der Waals surface area contributed by atoms with E-state index in [0.717, 1.165) is 22.1 Å². The molecule has 0 fully saturated rings. The SMILES string of the molecule is CC(C)Cc1nnc(NCc2cc(F)cc(Cl)c2)s1. The molecule has 1 N–H and O–H groups in total. The van der Waals surface area contributed by atoms with Crippen LogP contribution in [0.15, 0.2) is 18.2 Å². The lowest BCUT2D eigenvalue weighted by Gasteiger charge is -2.03. The number of halogens is 2. The lowest BCUT2D eigenvalue weighted by molar-refractivity contribution is 0.626. The lowest BCUT2D eigenvalue weighted by atomic mass is 10.1. The fourth-order valence-electron chi connectivity index (χ4n) is 1.65. The van der Waals surface area contributed by atoms with E-state index in [4.69, 9.17) is 11.6 Å². The van der Waals surface area contributed by atoms with Gasteiger partial charge in [-0.25, -0.2) is 4.39 Å². The van der Waals surface area contributed by atoms with Crippen LogP contribution >= 0.6 is 22.9 Å². The molecule has 0 atom stereocenters. The van der Waals surface area contributed by atoms with E-state index in [2.05, 4.69) is 29.4 Å². The molecule has 0 amide bonds. The first kappa shape index (κ1) is 14.2. The van der Waals surface area contributed by atoms with E-state index in [-0.39, 0.29) is 5.82 Å². The smallest absolute Gasteiger partial charge is 0.205 e. The van der Waals surface area contributed by atoms with Crippen LogP contribution in [0, 0.1) is 11.7 Å². The fraction of sp³-hybridized carbons (Fsp3) is 0.385. The van der Waals surface area contributed by atoms with Crippen LogP contribution < -0.4 is 5.32 Å². The topological polar surface area (TPSA) is 37.8 Å². The molecule has 102 valence electrons. The van der Waals surface area contributed by atoms with Crippen molar-refractivity contribution in [3.05, 3.63) is 39.6 Å². The third kappa shape index (κ3) is 4.44. The maximum Gasteiger partial charge on any atom is 0.205 e. The van der Waals surface area contributed by atoms with Gasteiger partial charge in [-0.1, -0.05) is 36.8 Å². The molecule has 0 saturated carbocycles. The van der Waals surface area contributed by atoms with Gasteiger partial charge in [0.25, 0.3) is 0 Å². The van der Waals surface area contributed by atoms with Gasteiger partial charge in [-0.15, -0.1) is 10.2 Å². The lowest BCUT2D eigenvalue weighted by Crippen LogP contribution is -1.99. The van der Waals surface area contributed by atoms with Gasteiger partial charge in [0.1, 0.15) is 10.8 Å². The molecule has 0 aliphatic rings. The molecule has 6 heteroatoms. The van der Waals surface area contributed by atoms with Crippen LogP contribution in [0.2, 0.25) is 5.02 Å². The maximum atomic E-state index is 13.2. The van der Waals surface area contributed by atoms with Crippen molar-refractivity contribution in [1.29, 1.82) is 0 Å². The summed E-state index contributed by atoms with van der Waals surface area (Å²) in [6.45, 7) is 4.76. The predicted octanol–water partition coefficient (Wildman–Crippen LogP) is 4.14. The molecule has 0 saturated heterocycles. The van der Waals surface area contributed by atoms with Crippen LogP contribution in [0.25, 0.3) is 0 Å². The molecule has 3 nitrogen and oxygen atoms in total. The first-order chi connectivity index (χ1) is 9.02. The van der Waals surface area contributed by atoms with E-state index >= 15 is 0 Å². The number of hydrogen-bond acceptors (Lipinski definition) is 4. The van der Waals surface area contributed by atoms with Gasteiger partial charge in [-0.2, -0.15) is 0 Å². The second-order valence-corrected chi connectivity index (χ2v) is 6.23. The highest BCUT2D eigenvalue weighted by Gasteiger charge is 2.06. The van der Waals surface area contributed by atoms with Crippen LogP contribution in [0.4, 0.5) is 9.52 Å². The average molecular weight is 300 g/mol. The minimum Gasteiger partial charge on any atom is -0.356 e. The number of rotatable bonds is 5. The van der Waals surface area contributed by atoms with Gasteiger partial charge < -0.3 is 5.32 Å². The number of hydrogen-bond donors (Lipinski definition) is 1. The van der Waals surface area contributed by atoms with Crippen molar-refractivity contribution in [3.8, 4) is 0 Å². The highest BCUT2D eigenvalue weighted by molar-refractivity contribution is 7.15. The molecule has 2 aromatic rings. The van der Waals surface area contributed by atoms with Crippen LogP contribution in [-0.4, -0.2) is 10.2 Å². The summed E-state index contributed by atoms with van der Waals surface area (Å²) >= 11 is 7.33. The third-order valence-corrected chi connectivity index (χ3v) is 3.54. The van der Waals surface area contributed by atoms with Crippen LogP contribution in [-0.2, 0) is 13.0 Å². The fourth-order valence-corrected chi connectivity index (χ4v) is 2.84. The van der Waals surface area contributed by atoms with Gasteiger partial charge in [0.05, 0.1) is 0 Å². The Kier molecular flexibility index (Phi) is 4.71. The van der Waals surface area contributed by atoms with E-state index < -0.39 is 0 Å². The number of benzene rings is 1. The maximum absolute atomic E-state index is 13.2. The zero-order valence-corrected chi connectivity index (χ0v) is 12.4. The van der Waals surface area contributed by atoms with Crippen molar-refractivity contribution < 1.29 is 4.39 Å². The Hall–Kier alpha value is -1.20. The molecule has 1 aromatic heterocycles. The Bertz CT molecular complexity index is 536. The van der Waals surface area contributed by atoms with Crippen LogP contribution in [0.3, 0.4) is 0 Å². The number of nitrogens with one attached hydrogen (secondary N) is 1. The van der Waals surface area contributed by atoms with Crippen LogP contribution in [0.5, 0.6) is 0 Å². The van der Waals surface area contributed by atoms with E-state index in [1.165, 1.54) is 23.5 Å². The summed E-state index contributed by atoms with van der Waals surface area (Å²) in [5.74, 6) is 0.227. The number of nitrogens with zero attached hydrogens (tertiary/aromatic N) is 2. The van der Waals surface area contributed by atoms with E-state index in [1.807, 2.05) is 0 Å². The Morgan fingerprint density at radius 1 is 1.32 bits per heavy atom. The summed E-state index contributed by atoms with van der Waals surface area (Å²) in [7, 11) is 0. The highest BCUT2D eigenvalue weighted by atomic mass is 35.5. The third-order valence-electron chi connectivity index (χ3n) is 2.42. The van der Waals surface area contributed by atoms with Gasteiger partial charge in [-0.05, 0) is 29.7 Å². The summed E-state index contributed by atoms with van der Waals surface area (Å²) in [6.07, 6.45) is 0.922. The molecule has 0 spiro atoms. The van der Waals surface area contributed by atoms with Crippen molar-refractivity contribution in [2.45, 2.75) is 26.8 Å². The summed E-state index contributed by atoms with van der Waals surface area (Å²) in [4.78, 5) is 0. The predicted molar refractivity (Wildman–Crippen MR) is 77.2 cm³/mol. The molecule has 0 aliphatic carbocycles. The second-order valence-electron chi connectivity index (χ2n) is 4.73. The van der Waals surface area contributed by atoms with Gasteiger partial charge >= 0.3 is 0 Å². The molecule has 1 aromatic carbocycles. The average Bonchev–Trinajstić information content (AvgIpc) is 2.72. The van der Waals surface area contributed by atoms with E-state index in [9.17, 15) is 4.39 Å². The van der Waals surface area contributed by atoms with Crippen LogP contribution in [0.1, 0.15) is 24.4 Å². The first-order valence-corrected chi connectivity index (χ1v) is 7.23. The van der Waals surface area contributed by atoms with Gasteiger partial charge in [0.15, 0.2) is 0 Å². The van der Waals surface area contributed by atoms with Crippen molar-refractivity contribution in [2.75, 3.05) is 5.32 Å². The molecular formula is C13H15ClFN3S. The quantitative estimate of drug-likeness (QED) is 0.901. The number of aromatic nitrogens is 2. The highest BCUT2D eigenvalue weighted by Crippen LogP contribution is 2.20. The van der Waals surface area contributed by atoms with Gasteiger partial charge in [-0.3, -0.25) is 0 Å². The number of anilines is 1. The zero-order chi connectivity index (χ0) is 13.8. The largest absolute Gasteiger partial charge is 0.356 e. The van der Waals surface area contributed by atoms with Crippen molar-refractivity contribution >= 4 is 28.1 Å². The standard InChI is InChI=1S/C13H15ClFN3S/c1-8(2)3-12-17-18-13(19-12)16-7-9-4-10(14)6-11(15)5-9/h4-6,8H,3,7H2,1-2H3,(H,16,18). The molecule has 0 aliphatic heterocycles. The normalized spacial score (nSPS) is 11.0. The van der Waals surface area contributed by atoms with Crippen molar-refractivity contribution in [2.24, 2.45) is 5.92 Å². The Balaban J connectivity index is 1.96.